The van der Waals surface area contributed by atoms with Crippen LogP contribution in [-0.2, 0) is 28.9 Å². The highest BCUT2D eigenvalue weighted by Crippen LogP contribution is 2.46. The summed E-state index contributed by atoms with van der Waals surface area (Å²) in [5.74, 6) is 0.775. The fourth-order valence-electron chi connectivity index (χ4n) is 7.05. The number of imidazole rings is 1. The Balaban J connectivity index is 1.13. The molecular formula is C31H43N3O4. The molecule has 1 aliphatic carbocycles. The first-order valence-electron chi connectivity index (χ1n) is 14.8. The number of aromatic nitrogens is 2. The topological polar surface area (TPSA) is 93.5 Å². The van der Waals surface area contributed by atoms with E-state index >= 15 is 0 Å². The van der Waals surface area contributed by atoms with Crippen LogP contribution in [0.4, 0.5) is 0 Å². The number of ether oxygens (including phenoxy) is 1. The van der Waals surface area contributed by atoms with E-state index in [0.717, 1.165) is 43.7 Å². The van der Waals surface area contributed by atoms with Gasteiger partial charge >= 0.3 is 5.97 Å². The zero-order valence-electron chi connectivity index (χ0n) is 22.5. The van der Waals surface area contributed by atoms with Gasteiger partial charge in [0.15, 0.2) is 0 Å². The van der Waals surface area contributed by atoms with Gasteiger partial charge in [0.2, 0.25) is 0 Å². The smallest absolute Gasteiger partial charge is 0.303 e. The Bertz CT molecular complexity index is 1080. The molecule has 1 amide bonds. The molecule has 2 aliphatic heterocycles. The van der Waals surface area contributed by atoms with Crippen molar-refractivity contribution in [3.63, 3.8) is 0 Å². The van der Waals surface area contributed by atoms with E-state index in [4.69, 9.17) is 9.84 Å². The highest BCUT2D eigenvalue weighted by Gasteiger charge is 2.48. The zero-order chi connectivity index (χ0) is 26.3. The Morgan fingerprint density at radius 1 is 1.00 bits per heavy atom. The van der Waals surface area contributed by atoms with E-state index in [9.17, 15) is 9.59 Å². The van der Waals surface area contributed by atoms with Gasteiger partial charge in [0.1, 0.15) is 5.69 Å². The first kappa shape index (κ1) is 26.9. The molecule has 7 heteroatoms. The molecule has 2 saturated heterocycles. The molecule has 38 heavy (non-hydrogen) atoms. The van der Waals surface area contributed by atoms with Crippen LogP contribution >= 0.6 is 0 Å². The molecule has 3 fully saturated rings. The van der Waals surface area contributed by atoms with Crippen LogP contribution in [0.1, 0.15) is 92.2 Å². The average Bonchev–Trinajstić information content (AvgIpc) is 3.67. The number of amides is 1. The predicted octanol–water partition coefficient (Wildman–Crippen LogP) is 5.42. The minimum Gasteiger partial charge on any atom is -0.481 e. The number of hydrogen-bond donors (Lipinski definition) is 2. The third-order valence-corrected chi connectivity index (χ3v) is 9.11. The van der Waals surface area contributed by atoms with Crippen LogP contribution in [-0.4, -0.2) is 45.3 Å². The summed E-state index contributed by atoms with van der Waals surface area (Å²) in [6.45, 7) is 1.49. The summed E-state index contributed by atoms with van der Waals surface area (Å²) in [7, 11) is 0. The van der Waals surface area contributed by atoms with Gasteiger partial charge in [-0.05, 0) is 55.1 Å². The van der Waals surface area contributed by atoms with Crippen LogP contribution in [0.3, 0.4) is 0 Å². The molecule has 1 aromatic heterocycles. The van der Waals surface area contributed by atoms with Crippen molar-refractivity contribution in [2.45, 2.75) is 102 Å². The second-order valence-electron chi connectivity index (χ2n) is 11.7. The molecule has 4 atom stereocenters. The molecule has 1 aromatic carbocycles. The van der Waals surface area contributed by atoms with E-state index in [1.165, 1.54) is 50.5 Å². The van der Waals surface area contributed by atoms with Crippen LogP contribution in [0.25, 0.3) is 0 Å². The molecule has 2 aromatic rings. The third kappa shape index (κ3) is 6.85. The molecule has 3 aliphatic rings. The van der Waals surface area contributed by atoms with E-state index in [2.05, 4.69) is 27.0 Å². The summed E-state index contributed by atoms with van der Waals surface area (Å²) in [6.07, 6.45) is 18.3. The number of aryl methyl sites for hydroxylation is 1. The fraction of sp³-hybridized carbons (Fsp3) is 0.645. The fourth-order valence-corrected chi connectivity index (χ4v) is 7.05. The number of aliphatic carboxylic acids is 1. The van der Waals surface area contributed by atoms with Crippen molar-refractivity contribution in [2.24, 2.45) is 17.8 Å². The van der Waals surface area contributed by atoms with Crippen LogP contribution in [0.15, 0.2) is 36.8 Å². The summed E-state index contributed by atoms with van der Waals surface area (Å²) >= 11 is 0. The second kappa shape index (κ2) is 12.9. The van der Waals surface area contributed by atoms with Crippen molar-refractivity contribution in [3.05, 3.63) is 53.6 Å². The van der Waals surface area contributed by atoms with Crippen molar-refractivity contribution in [2.75, 3.05) is 6.54 Å². The molecule has 3 heterocycles. The summed E-state index contributed by atoms with van der Waals surface area (Å²) in [5.41, 5.74) is 2.84. The minimum absolute atomic E-state index is 0.0884. The Kier molecular flexibility index (Phi) is 9.15. The number of carboxylic acids is 1. The molecule has 0 spiro atoms. The van der Waals surface area contributed by atoms with Crippen molar-refractivity contribution < 1.29 is 19.4 Å². The molecule has 2 bridgehead atoms. The lowest BCUT2D eigenvalue weighted by molar-refractivity contribution is -0.136. The van der Waals surface area contributed by atoms with Gasteiger partial charge in [-0.1, -0.05) is 69.2 Å². The molecular weight excluding hydrogens is 478 g/mol. The van der Waals surface area contributed by atoms with Crippen LogP contribution in [0, 0.1) is 17.8 Å². The number of carbonyl (C=O) groups excluding carboxylic acids is 1. The Morgan fingerprint density at radius 3 is 2.55 bits per heavy atom. The SMILES string of the molecule is O=C(O)CCc1ccccc1C[C@@H]1[C@H](Cn2cnc(C(=O)NCCCCC3CCCCC3)c2)[C@H]2CC[C@@H]1O2. The molecule has 0 radical (unpaired) electrons. The Morgan fingerprint density at radius 2 is 1.76 bits per heavy atom. The molecule has 0 unspecified atom stereocenters. The normalized spacial score (nSPS) is 25.1. The van der Waals surface area contributed by atoms with Gasteiger partial charge in [0, 0.05) is 31.6 Å². The maximum Gasteiger partial charge on any atom is 0.303 e. The van der Waals surface area contributed by atoms with Gasteiger partial charge < -0.3 is 19.7 Å². The van der Waals surface area contributed by atoms with E-state index in [1.807, 2.05) is 18.3 Å². The van der Waals surface area contributed by atoms with Crippen LogP contribution < -0.4 is 5.32 Å². The van der Waals surface area contributed by atoms with Gasteiger partial charge in [-0.2, -0.15) is 0 Å². The first-order chi connectivity index (χ1) is 18.6. The first-order valence-corrected chi connectivity index (χ1v) is 14.8. The van der Waals surface area contributed by atoms with Crippen molar-refractivity contribution in [3.8, 4) is 0 Å². The summed E-state index contributed by atoms with van der Waals surface area (Å²) < 4.78 is 8.40. The maximum atomic E-state index is 12.7. The number of carboxylic acid groups (broad SMARTS) is 1. The highest BCUT2D eigenvalue weighted by atomic mass is 16.5. The summed E-state index contributed by atoms with van der Waals surface area (Å²) in [6, 6.07) is 8.22. The number of unbranched alkanes of at least 4 members (excludes halogenated alkanes) is 1. The third-order valence-electron chi connectivity index (χ3n) is 9.11. The standard InChI is InChI=1S/C31H43N3O4/c35-30(36)16-13-23-11-4-5-12-24(23)18-25-26(29-15-14-28(25)38-29)19-34-20-27(33-21-34)31(37)32-17-7-6-10-22-8-2-1-3-9-22/h4-5,11-12,20-22,25-26,28-29H,1-3,6-10,13-19H2,(H,32,37)(H,35,36)/t25-,26+,28+,29-/m1/s1. The number of fused-ring (bicyclic) bond motifs is 2. The highest BCUT2D eigenvalue weighted by molar-refractivity contribution is 5.91. The van der Waals surface area contributed by atoms with Crippen molar-refractivity contribution in [1.29, 1.82) is 0 Å². The van der Waals surface area contributed by atoms with Crippen LogP contribution in [0.5, 0.6) is 0 Å². The summed E-state index contributed by atoms with van der Waals surface area (Å²) in [4.78, 5) is 28.2. The van der Waals surface area contributed by atoms with Gasteiger partial charge in [0.25, 0.3) is 5.91 Å². The average molecular weight is 522 g/mol. The Labute approximate surface area is 226 Å². The van der Waals surface area contributed by atoms with E-state index < -0.39 is 5.97 Å². The van der Waals surface area contributed by atoms with Gasteiger partial charge in [-0.3, -0.25) is 9.59 Å². The molecule has 1 saturated carbocycles. The largest absolute Gasteiger partial charge is 0.481 e. The minimum atomic E-state index is -0.764. The predicted molar refractivity (Wildman–Crippen MR) is 146 cm³/mol. The van der Waals surface area contributed by atoms with Crippen LogP contribution in [0.2, 0.25) is 0 Å². The Hall–Kier alpha value is -2.67. The van der Waals surface area contributed by atoms with Crippen molar-refractivity contribution >= 4 is 11.9 Å². The second-order valence-corrected chi connectivity index (χ2v) is 11.7. The van der Waals surface area contributed by atoms with Crippen molar-refractivity contribution in [1.82, 2.24) is 14.9 Å². The number of benzene rings is 1. The number of hydrogen-bond acceptors (Lipinski definition) is 4. The number of nitrogens with zero attached hydrogens (tertiary/aromatic N) is 2. The van der Waals surface area contributed by atoms with Gasteiger partial charge in [0.05, 0.1) is 18.5 Å². The molecule has 5 rings (SSSR count). The summed E-state index contributed by atoms with van der Waals surface area (Å²) in [5, 5.41) is 12.2. The zero-order valence-corrected chi connectivity index (χ0v) is 22.5. The van der Waals surface area contributed by atoms with Gasteiger partial charge in [-0.15, -0.1) is 0 Å². The van der Waals surface area contributed by atoms with E-state index in [1.54, 1.807) is 6.33 Å². The monoisotopic (exact) mass is 521 g/mol. The van der Waals surface area contributed by atoms with E-state index in [-0.39, 0.29) is 24.5 Å². The lowest BCUT2D eigenvalue weighted by Gasteiger charge is -2.29. The number of nitrogens with one attached hydrogen (secondary N) is 1. The quantitative estimate of drug-likeness (QED) is 0.344. The molecule has 2 N–H and O–H groups in total. The lowest BCUT2D eigenvalue weighted by atomic mass is 9.75. The van der Waals surface area contributed by atoms with E-state index in [0.29, 0.717) is 30.5 Å². The molecule has 206 valence electrons. The number of carbonyl (C=O) groups is 2. The lowest BCUT2D eigenvalue weighted by Crippen LogP contribution is -2.32. The maximum absolute atomic E-state index is 12.7. The molecule has 7 nitrogen and oxygen atoms in total. The number of rotatable bonds is 13. The van der Waals surface area contributed by atoms with Gasteiger partial charge in [-0.25, -0.2) is 4.98 Å².